The van der Waals surface area contributed by atoms with Crippen LogP contribution < -0.4 is 10.6 Å². The van der Waals surface area contributed by atoms with Crippen molar-refractivity contribution in [3.05, 3.63) is 24.0 Å². The number of halogens is 3. The number of pyridine rings is 1. The van der Waals surface area contributed by atoms with Gasteiger partial charge in [-0.3, -0.25) is 4.98 Å². The van der Waals surface area contributed by atoms with Crippen molar-refractivity contribution in [2.75, 3.05) is 11.9 Å². The lowest BCUT2D eigenvalue weighted by Crippen LogP contribution is -2.31. The summed E-state index contributed by atoms with van der Waals surface area (Å²) in [5.74, 6) is 0. The Morgan fingerprint density at radius 2 is 2.07 bits per heavy atom. The Morgan fingerprint density at radius 1 is 1.47 bits per heavy atom. The highest BCUT2D eigenvalue weighted by molar-refractivity contribution is 7.80. The predicted molar refractivity (Wildman–Crippen MR) is 54.4 cm³/mol. The van der Waals surface area contributed by atoms with Gasteiger partial charge in [-0.1, -0.05) is 0 Å². The number of rotatable bonds is 1. The van der Waals surface area contributed by atoms with Gasteiger partial charge in [0, 0.05) is 13.2 Å². The number of nitrogens with two attached hydrogens (primary N) is 1. The lowest BCUT2D eigenvalue weighted by Gasteiger charge is -2.17. The van der Waals surface area contributed by atoms with Gasteiger partial charge in [0.25, 0.3) is 0 Å². The first-order valence-corrected chi connectivity index (χ1v) is 4.28. The average Bonchev–Trinajstić information content (AvgIpc) is 2.15. The molecule has 0 saturated carbocycles. The number of nitrogens with zero attached hydrogens (tertiary/aromatic N) is 2. The predicted octanol–water partition coefficient (Wildman–Crippen LogP) is 1.78. The molecular weight excluding hydrogens is 227 g/mol. The molecule has 0 aliphatic rings. The third-order valence-electron chi connectivity index (χ3n) is 1.77. The van der Waals surface area contributed by atoms with Crippen molar-refractivity contribution < 1.29 is 13.2 Å². The molecule has 0 aliphatic carbocycles. The molecule has 0 aliphatic heterocycles. The Hall–Kier alpha value is -1.37. The molecule has 1 heterocycles. The Labute approximate surface area is 89.7 Å². The largest absolute Gasteiger partial charge is 0.417 e. The molecule has 1 rings (SSSR count). The van der Waals surface area contributed by atoms with E-state index in [0.29, 0.717) is 0 Å². The maximum Gasteiger partial charge on any atom is 0.417 e. The van der Waals surface area contributed by atoms with E-state index in [9.17, 15) is 13.2 Å². The second-order valence-electron chi connectivity index (χ2n) is 2.83. The Balaban J connectivity index is 3.08. The molecule has 0 unspecified atom stereocenters. The van der Waals surface area contributed by atoms with Gasteiger partial charge in [0.1, 0.15) is 0 Å². The molecule has 2 N–H and O–H groups in total. The van der Waals surface area contributed by atoms with Gasteiger partial charge in [-0.2, -0.15) is 13.2 Å². The summed E-state index contributed by atoms with van der Waals surface area (Å²) in [6.07, 6.45) is -2.41. The minimum atomic E-state index is -4.42. The summed E-state index contributed by atoms with van der Waals surface area (Å²) in [6, 6.07) is 0.937. The second kappa shape index (κ2) is 4.01. The summed E-state index contributed by atoms with van der Waals surface area (Å²) in [7, 11) is 1.47. The van der Waals surface area contributed by atoms with Crippen LogP contribution in [0.3, 0.4) is 0 Å². The topological polar surface area (TPSA) is 42.1 Å². The van der Waals surface area contributed by atoms with Gasteiger partial charge in [0.05, 0.1) is 17.4 Å². The fraction of sp³-hybridized carbons (Fsp3) is 0.250. The highest BCUT2D eigenvalue weighted by Gasteiger charge is 2.31. The molecular formula is C8H8F3N3S. The third kappa shape index (κ3) is 2.79. The molecule has 1 aromatic rings. The average molecular weight is 235 g/mol. The smallest absolute Gasteiger partial charge is 0.376 e. The molecule has 7 heteroatoms. The molecule has 0 bridgehead atoms. The summed E-state index contributed by atoms with van der Waals surface area (Å²) in [6.45, 7) is 0. The molecule has 0 fully saturated rings. The molecule has 15 heavy (non-hydrogen) atoms. The standard InChI is InChI=1S/C8H8F3N3S/c1-14(7(12)15)6-2-5(3-13-4-6)8(9,10)11/h2-4H,1H3,(H2,12,15). The number of hydrogen-bond acceptors (Lipinski definition) is 2. The van der Waals surface area contributed by atoms with Gasteiger partial charge < -0.3 is 10.6 Å². The van der Waals surface area contributed by atoms with Crippen LogP contribution in [-0.2, 0) is 6.18 Å². The summed E-state index contributed by atoms with van der Waals surface area (Å²) in [5, 5.41) is -0.0175. The Morgan fingerprint density at radius 3 is 2.53 bits per heavy atom. The molecule has 3 nitrogen and oxygen atoms in total. The molecule has 0 atom stereocenters. The first kappa shape index (κ1) is 11.7. The first-order valence-electron chi connectivity index (χ1n) is 3.88. The number of thiocarbonyl (C=S) groups is 1. The van der Waals surface area contributed by atoms with Crippen LogP contribution in [0.5, 0.6) is 0 Å². The van der Waals surface area contributed by atoms with Crippen molar-refractivity contribution in [3.8, 4) is 0 Å². The maximum absolute atomic E-state index is 12.3. The van der Waals surface area contributed by atoms with Crippen LogP contribution in [0, 0.1) is 0 Å². The van der Waals surface area contributed by atoms with Gasteiger partial charge in [-0.25, -0.2) is 0 Å². The number of hydrogen-bond donors (Lipinski definition) is 1. The maximum atomic E-state index is 12.3. The van der Waals surface area contributed by atoms with Crippen LogP contribution in [0.4, 0.5) is 18.9 Å². The first-order chi connectivity index (χ1) is 6.82. The molecule has 82 valence electrons. The molecule has 1 aromatic heterocycles. The van der Waals surface area contributed by atoms with Crippen molar-refractivity contribution >= 4 is 23.0 Å². The highest BCUT2D eigenvalue weighted by Crippen LogP contribution is 2.30. The fourth-order valence-corrected chi connectivity index (χ4v) is 0.999. The molecule has 0 spiro atoms. The quantitative estimate of drug-likeness (QED) is 0.753. The van der Waals surface area contributed by atoms with E-state index in [1.807, 2.05) is 0 Å². The SMILES string of the molecule is CN(C(N)=S)c1cncc(C(F)(F)F)c1. The van der Waals surface area contributed by atoms with Crippen molar-refractivity contribution in [1.82, 2.24) is 4.98 Å². The number of anilines is 1. The zero-order valence-electron chi connectivity index (χ0n) is 7.75. The van der Waals surface area contributed by atoms with E-state index in [2.05, 4.69) is 17.2 Å². The van der Waals surface area contributed by atoms with Crippen LogP contribution in [0.1, 0.15) is 5.56 Å². The van der Waals surface area contributed by atoms with Gasteiger partial charge >= 0.3 is 6.18 Å². The summed E-state index contributed by atoms with van der Waals surface area (Å²) < 4.78 is 36.9. The normalized spacial score (nSPS) is 11.2. The Kier molecular flexibility index (Phi) is 3.13. The zero-order valence-corrected chi connectivity index (χ0v) is 8.56. The van der Waals surface area contributed by atoms with Crippen LogP contribution in [0.15, 0.2) is 18.5 Å². The van der Waals surface area contributed by atoms with Crippen molar-refractivity contribution in [1.29, 1.82) is 0 Å². The van der Waals surface area contributed by atoms with Crippen LogP contribution in [-0.4, -0.2) is 17.1 Å². The van der Waals surface area contributed by atoms with Crippen LogP contribution >= 0.6 is 12.2 Å². The lowest BCUT2D eigenvalue weighted by atomic mass is 10.2. The fourth-order valence-electron chi connectivity index (χ4n) is 0.893. The van der Waals surface area contributed by atoms with Crippen LogP contribution in [0.25, 0.3) is 0 Å². The van der Waals surface area contributed by atoms with E-state index in [1.54, 1.807) is 0 Å². The monoisotopic (exact) mass is 235 g/mol. The lowest BCUT2D eigenvalue weighted by molar-refractivity contribution is -0.137. The van der Waals surface area contributed by atoms with Gasteiger partial charge in [-0.15, -0.1) is 0 Å². The third-order valence-corrected chi connectivity index (χ3v) is 2.04. The number of alkyl halides is 3. The van der Waals surface area contributed by atoms with Crippen molar-refractivity contribution in [3.63, 3.8) is 0 Å². The summed E-state index contributed by atoms with van der Waals surface area (Å²) in [5.41, 5.74) is 4.65. The molecule has 0 radical (unpaired) electrons. The van der Waals surface area contributed by atoms with E-state index in [4.69, 9.17) is 5.73 Å². The van der Waals surface area contributed by atoms with E-state index in [-0.39, 0.29) is 10.8 Å². The van der Waals surface area contributed by atoms with E-state index < -0.39 is 11.7 Å². The molecule has 0 aromatic carbocycles. The summed E-state index contributed by atoms with van der Waals surface area (Å²) in [4.78, 5) is 4.73. The van der Waals surface area contributed by atoms with Crippen molar-refractivity contribution in [2.24, 2.45) is 5.73 Å². The highest BCUT2D eigenvalue weighted by atomic mass is 32.1. The van der Waals surface area contributed by atoms with Crippen LogP contribution in [0.2, 0.25) is 0 Å². The van der Waals surface area contributed by atoms with E-state index in [0.717, 1.165) is 12.3 Å². The van der Waals surface area contributed by atoms with Gasteiger partial charge in [-0.05, 0) is 18.3 Å². The van der Waals surface area contributed by atoms with E-state index >= 15 is 0 Å². The minimum absolute atomic E-state index is 0.0175. The number of aromatic nitrogens is 1. The molecule has 0 saturated heterocycles. The van der Waals surface area contributed by atoms with E-state index in [1.165, 1.54) is 18.1 Å². The molecule has 0 amide bonds. The van der Waals surface area contributed by atoms with Gasteiger partial charge in [0.15, 0.2) is 5.11 Å². The Bertz CT molecular complexity index is 378. The second-order valence-corrected chi connectivity index (χ2v) is 3.25. The van der Waals surface area contributed by atoms with Gasteiger partial charge in [0.2, 0.25) is 0 Å². The zero-order chi connectivity index (χ0) is 11.6. The summed E-state index contributed by atoms with van der Waals surface area (Å²) >= 11 is 4.63. The van der Waals surface area contributed by atoms with Crippen molar-refractivity contribution in [2.45, 2.75) is 6.18 Å². The minimum Gasteiger partial charge on any atom is -0.376 e.